The molecule has 0 unspecified atom stereocenters. The molecule has 0 N–H and O–H groups in total. The van der Waals surface area contributed by atoms with Gasteiger partial charge in [0, 0.05) is 11.8 Å². The van der Waals surface area contributed by atoms with E-state index in [1.54, 1.807) is 0 Å². The molecular formula is C15H7Br2N2O2Tl+. The zero-order valence-electron chi connectivity index (χ0n) is 11.1. The second kappa shape index (κ2) is 6.72. The predicted octanol–water partition coefficient (Wildman–Crippen LogP) is 4.00. The molecule has 2 aliphatic rings. The number of fused-ring (bicyclic) bond motifs is 1. The van der Waals surface area contributed by atoms with Crippen LogP contribution in [-0.4, -0.2) is 38.7 Å². The summed E-state index contributed by atoms with van der Waals surface area (Å²) in [6, 6.07) is 7.40. The van der Waals surface area contributed by atoms with Gasteiger partial charge in [0.2, 0.25) is 0 Å². The van der Waals surface area contributed by atoms with Crippen molar-refractivity contribution in [2.45, 2.75) is 0 Å². The fourth-order valence-electron chi connectivity index (χ4n) is 2.29. The van der Waals surface area contributed by atoms with Crippen LogP contribution in [0.5, 0.6) is 0 Å². The Morgan fingerprint density at radius 1 is 0.727 bits per heavy atom. The number of hydrogen-bond acceptors (Lipinski definition) is 4. The Balaban J connectivity index is 0.00000144. The Kier molecular flexibility index (Phi) is 5.08. The second-order valence-corrected chi connectivity index (χ2v) is 6.02. The van der Waals surface area contributed by atoms with Crippen LogP contribution in [0.1, 0.15) is 11.5 Å². The molecule has 22 heavy (non-hydrogen) atoms. The molecule has 0 saturated heterocycles. The van der Waals surface area contributed by atoms with Crippen molar-refractivity contribution in [3.05, 3.63) is 76.2 Å². The molecule has 0 aromatic carbocycles. The van der Waals surface area contributed by atoms with Crippen molar-refractivity contribution < 1.29 is 8.83 Å². The molecule has 2 aromatic rings. The van der Waals surface area contributed by atoms with Crippen molar-refractivity contribution in [1.82, 2.24) is 0 Å². The van der Waals surface area contributed by atoms with Gasteiger partial charge < -0.3 is 8.83 Å². The summed E-state index contributed by atoms with van der Waals surface area (Å²) in [5.41, 5.74) is 1.44. The summed E-state index contributed by atoms with van der Waals surface area (Å²) in [5.74, 6) is 3.32. The van der Waals surface area contributed by atoms with Crippen LogP contribution in [0, 0.1) is 31.1 Å². The molecule has 2 aromatic heterocycles. The maximum atomic E-state index is 5.58. The maximum Gasteiger partial charge on any atom is 1.00 e. The van der Waals surface area contributed by atoms with E-state index >= 15 is 0 Å². The first-order valence-electron chi connectivity index (χ1n) is 6.16. The third-order valence-corrected chi connectivity index (χ3v) is 4.04. The average Bonchev–Trinajstić information content (AvgIpc) is 3.18. The average molecular weight is 611 g/mol. The summed E-state index contributed by atoms with van der Waals surface area (Å²) in [4.78, 5) is 0. The van der Waals surface area contributed by atoms with Gasteiger partial charge in [-0.2, -0.15) is 10.2 Å². The molecule has 1 aliphatic carbocycles. The summed E-state index contributed by atoms with van der Waals surface area (Å²) < 4.78 is 12.5. The summed E-state index contributed by atoms with van der Waals surface area (Å²) in [5, 5.41) is 8.62. The quantitative estimate of drug-likeness (QED) is 0.483. The van der Waals surface area contributed by atoms with Crippen molar-refractivity contribution >= 4 is 70.6 Å². The summed E-state index contributed by atoms with van der Waals surface area (Å²) in [6.07, 6.45) is 5.96. The number of halogens is 2. The van der Waals surface area contributed by atoms with E-state index in [1.165, 1.54) is 0 Å². The molecule has 1 aliphatic heterocycles. The molecule has 105 valence electrons. The smallest absolute Gasteiger partial charge is 0.448 e. The number of nitrogens with zero attached hydrogens (tertiary/aromatic N) is 2. The SMILES string of the molecule is Brc1ccc(C2=NN=C(c3ccc(Br)o3)[C]3[CH][CH][CH][C]32)o1.[Tl+]. The normalized spacial score (nSPS) is 18.6. The van der Waals surface area contributed by atoms with E-state index in [-0.39, 0.29) is 27.3 Å². The molecule has 3 heterocycles. The number of rotatable bonds is 2. The van der Waals surface area contributed by atoms with Gasteiger partial charge in [0.25, 0.3) is 0 Å². The topological polar surface area (TPSA) is 51.0 Å². The van der Waals surface area contributed by atoms with Crippen LogP contribution in [0.4, 0.5) is 0 Å². The van der Waals surface area contributed by atoms with E-state index in [1.807, 2.05) is 43.5 Å². The van der Waals surface area contributed by atoms with E-state index in [9.17, 15) is 0 Å². The first-order chi connectivity index (χ1) is 10.2. The van der Waals surface area contributed by atoms with Gasteiger partial charge in [0.15, 0.2) is 20.9 Å². The Bertz CT molecular complexity index is 688. The molecule has 7 heteroatoms. The van der Waals surface area contributed by atoms with Gasteiger partial charge in [-0.15, -0.1) is 0 Å². The van der Waals surface area contributed by atoms with Gasteiger partial charge in [-0.3, -0.25) is 0 Å². The molecule has 0 spiro atoms. The van der Waals surface area contributed by atoms with Crippen molar-refractivity contribution in [2.24, 2.45) is 10.2 Å². The minimum atomic E-state index is 0. The minimum absolute atomic E-state index is 0. The predicted molar refractivity (Wildman–Crippen MR) is 91.0 cm³/mol. The van der Waals surface area contributed by atoms with Crippen LogP contribution in [0.25, 0.3) is 0 Å². The Morgan fingerprint density at radius 2 is 1.18 bits per heavy atom. The molecule has 1 saturated carbocycles. The van der Waals surface area contributed by atoms with Crippen LogP contribution in [0.15, 0.2) is 52.6 Å². The van der Waals surface area contributed by atoms with Crippen molar-refractivity contribution in [1.29, 1.82) is 0 Å². The fourth-order valence-corrected chi connectivity index (χ4v) is 2.90. The van der Waals surface area contributed by atoms with Crippen molar-refractivity contribution in [2.75, 3.05) is 0 Å². The second-order valence-electron chi connectivity index (χ2n) is 4.46. The van der Waals surface area contributed by atoms with Crippen LogP contribution >= 0.6 is 31.9 Å². The summed E-state index contributed by atoms with van der Waals surface area (Å²) in [7, 11) is 0. The molecular weight excluding hydrogens is 604 g/mol. The molecule has 0 atom stereocenters. The van der Waals surface area contributed by atoms with Crippen molar-refractivity contribution in [3.63, 3.8) is 0 Å². The number of hydrogen-bond donors (Lipinski definition) is 0. The van der Waals surface area contributed by atoms with Crippen LogP contribution in [-0.2, 0) is 0 Å². The van der Waals surface area contributed by atoms with Gasteiger partial charge in [0.1, 0.15) is 11.4 Å². The fraction of sp³-hybridized carbons (Fsp3) is 0. The third-order valence-electron chi connectivity index (χ3n) is 3.19. The number of furan rings is 2. The third kappa shape index (κ3) is 2.93. The molecule has 5 radical (unpaired) electrons. The van der Waals surface area contributed by atoms with Gasteiger partial charge >= 0.3 is 27.3 Å². The monoisotopic (exact) mass is 610 g/mol. The van der Waals surface area contributed by atoms with E-state index in [0.717, 1.165) is 23.3 Å². The van der Waals surface area contributed by atoms with Crippen LogP contribution < -0.4 is 0 Å². The first-order valence-corrected chi connectivity index (χ1v) is 7.74. The minimum Gasteiger partial charge on any atom is -0.448 e. The van der Waals surface area contributed by atoms with Crippen LogP contribution in [0.2, 0.25) is 0 Å². The zero-order valence-corrected chi connectivity index (χ0v) is 18.7. The van der Waals surface area contributed by atoms with Gasteiger partial charge in [-0.05, 0) is 75.4 Å². The molecule has 4 nitrogen and oxygen atoms in total. The van der Waals surface area contributed by atoms with Crippen molar-refractivity contribution in [3.8, 4) is 0 Å². The van der Waals surface area contributed by atoms with E-state index in [4.69, 9.17) is 8.83 Å². The summed E-state index contributed by atoms with van der Waals surface area (Å²) in [6.45, 7) is 0. The van der Waals surface area contributed by atoms with Gasteiger partial charge in [0.05, 0.1) is 0 Å². The van der Waals surface area contributed by atoms with Gasteiger partial charge in [-0.25, -0.2) is 0 Å². The molecule has 4 rings (SSSR count). The molecule has 0 bridgehead atoms. The Morgan fingerprint density at radius 3 is 1.55 bits per heavy atom. The van der Waals surface area contributed by atoms with E-state index in [0.29, 0.717) is 20.9 Å². The zero-order chi connectivity index (χ0) is 14.4. The Labute approximate surface area is 164 Å². The van der Waals surface area contributed by atoms with E-state index in [2.05, 4.69) is 42.1 Å². The maximum absolute atomic E-state index is 5.58. The Hall–Kier alpha value is -0.218. The standard InChI is InChI=1S/C15H7Br2N2O2.Tl/c16-12-6-4-10(20-12)14-8-2-1-3-9(8)15(19-18-14)11-5-7-13(17)21-11;/h1-7H;/q;+1. The first kappa shape index (κ1) is 16.6. The van der Waals surface area contributed by atoms with E-state index < -0.39 is 0 Å². The largest absolute Gasteiger partial charge is 1.00 e. The summed E-state index contributed by atoms with van der Waals surface area (Å²) >= 11 is 6.61. The van der Waals surface area contributed by atoms with Crippen LogP contribution in [0.3, 0.4) is 0 Å². The van der Waals surface area contributed by atoms with Gasteiger partial charge in [-0.1, -0.05) is 0 Å². The molecule has 1 fully saturated rings. The molecule has 0 amide bonds.